The topological polar surface area (TPSA) is 60.2 Å². The van der Waals surface area contributed by atoms with Crippen LogP contribution in [-0.4, -0.2) is 33.3 Å². The van der Waals surface area contributed by atoms with Crippen molar-refractivity contribution in [3.63, 3.8) is 0 Å². The number of aliphatic hydroxyl groups is 1. The SMILES string of the molecule is OCCCc1cn(-c2ccccc2OC(F)F)nn1. The lowest BCUT2D eigenvalue weighted by atomic mass is 10.2. The van der Waals surface area contributed by atoms with E-state index in [1.807, 2.05) is 0 Å². The van der Waals surface area contributed by atoms with Gasteiger partial charge in [-0.3, -0.25) is 0 Å². The zero-order valence-electron chi connectivity index (χ0n) is 10.0. The molecule has 0 spiro atoms. The quantitative estimate of drug-likeness (QED) is 0.868. The van der Waals surface area contributed by atoms with Gasteiger partial charge in [-0.2, -0.15) is 8.78 Å². The van der Waals surface area contributed by atoms with Crippen LogP contribution in [0.4, 0.5) is 8.78 Å². The highest BCUT2D eigenvalue weighted by Gasteiger charge is 2.12. The molecule has 1 heterocycles. The molecule has 0 saturated carbocycles. The minimum absolute atomic E-state index is 0.0381. The summed E-state index contributed by atoms with van der Waals surface area (Å²) in [5, 5.41) is 16.5. The van der Waals surface area contributed by atoms with Crippen LogP contribution in [0, 0.1) is 0 Å². The van der Waals surface area contributed by atoms with Gasteiger partial charge in [-0.15, -0.1) is 5.10 Å². The van der Waals surface area contributed by atoms with E-state index in [4.69, 9.17) is 5.11 Å². The van der Waals surface area contributed by atoms with Gasteiger partial charge in [0.05, 0.1) is 11.9 Å². The van der Waals surface area contributed by atoms with Crippen molar-refractivity contribution < 1.29 is 18.6 Å². The molecular weight excluding hydrogens is 256 g/mol. The summed E-state index contributed by atoms with van der Waals surface area (Å²) in [7, 11) is 0. The average Bonchev–Trinajstić information content (AvgIpc) is 2.85. The second kappa shape index (κ2) is 6.24. The molecule has 102 valence electrons. The Hall–Kier alpha value is -2.02. The molecule has 7 heteroatoms. The van der Waals surface area contributed by atoms with E-state index in [0.29, 0.717) is 24.2 Å². The average molecular weight is 269 g/mol. The highest BCUT2D eigenvalue weighted by molar-refractivity contribution is 5.45. The molecule has 2 rings (SSSR count). The Morgan fingerprint density at radius 2 is 2.11 bits per heavy atom. The number of alkyl halides is 2. The molecule has 0 radical (unpaired) electrons. The van der Waals surface area contributed by atoms with Crippen LogP contribution in [-0.2, 0) is 6.42 Å². The normalized spacial score (nSPS) is 10.9. The molecule has 1 N–H and O–H groups in total. The molecule has 1 aromatic heterocycles. The van der Waals surface area contributed by atoms with E-state index in [9.17, 15) is 8.78 Å². The first kappa shape index (κ1) is 13.4. The third-order valence-corrected chi connectivity index (χ3v) is 2.46. The Morgan fingerprint density at radius 1 is 1.32 bits per heavy atom. The maximum atomic E-state index is 12.3. The van der Waals surface area contributed by atoms with E-state index in [-0.39, 0.29) is 12.4 Å². The molecule has 0 unspecified atom stereocenters. The fraction of sp³-hybridized carbons (Fsp3) is 0.333. The number of para-hydroxylation sites is 2. The predicted octanol–water partition coefficient (Wildman–Crippen LogP) is 1.79. The second-order valence-electron chi connectivity index (χ2n) is 3.83. The number of hydrogen-bond acceptors (Lipinski definition) is 4. The zero-order chi connectivity index (χ0) is 13.7. The number of hydrogen-bond donors (Lipinski definition) is 1. The van der Waals surface area contributed by atoms with Crippen LogP contribution in [0.5, 0.6) is 5.75 Å². The monoisotopic (exact) mass is 269 g/mol. The van der Waals surface area contributed by atoms with Crippen LogP contribution in [0.1, 0.15) is 12.1 Å². The summed E-state index contributed by atoms with van der Waals surface area (Å²) in [6.07, 6.45) is 2.78. The lowest BCUT2D eigenvalue weighted by Gasteiger charge is -2.09. The van der Waals surface area contributed by atoms with Gasteiger partial charge in [-0.05, 0) is 25.0 Å². The second-order valence-corrected chi connectivity index (χ2v) is 3.83. The first-order valence-corrected chi connectivity index (χ1v) is 5.77. The molecule has 0 aliphatic carbocycles. The van der Waals surface area contributed by atoms with E-state index in [0.717, 1.165) is 0 Å². The number of ether oxygens (including phenoxy) is 1. The standard InChI is InChI=1S/C12H13F2N3O2/c13-12(14)19-11-6-2-1-5-10(11)17-8-9(15-16-17)4-3-7-18/h1-2,5-6,8,12,18H,3-4,7H2. The molecular formula is C12H13F2N3O2. The Bertz CT molecular complexity index is 531. The van der Waals surface area contributed by atoms with E-state index >= 15 is 0 Å². The van der Waals surface area contributed by atoms with Crippen LogP contribution in [0.2, 0.25) is 0 Å². The molecule has 0 aliphatic rings. The summed E-state index contributed by atoms with van der Waals surface area (Å²) in [5.74, 6) is 0.0381. The first-order valence-electron chi connectivity index (χ1n) is 5.77. The van der Waals surface area contributed by atoms with Gasteiger partial charge in [0, 0.05) is 6.61 Å². The molecule has 1 aromatic carbocycles. The van der Waals surface area contributed by atoms with Crippen molar-refractivity contribution in [2.24, 2.45) is 0 Å². The van der Waals surface area contributed by atoms with Gasteiger partial charge in [-0.1, -0.05) is 17.3 Å². The molecule has 2 aromatic rings. The van der Waals surface area contributed by atoms with Crippen LogP contribution in [0.3, 0.4) is 0 Å². The molecule has 5 nitrogen and oxygen atoms in total. The summed E-state index contributed by atoms with van der Waals surface area (Å²) in [4.78, 5) is 0. The number of rotatable bonds is 6. The smallest absolute Gasteiger partial charge is 0.387 e. The summed E-state index contributed by atoms with van der Waals surface area (Å²) in [6, 6.07) is 6.35. The van der Waals surface area contributed by atoms with Gasteiger partial charge in [-0.25, -0.2) is 4.68 Å². The van der Waals surface area contributed by atoms with Crippen molar-refractivity contribution in [2.75, 3.05) is 6.61 Å². The highest BCUT2D eigenvalue weighted by atomic mass is 19.3. The van der Waals surface area contributed by atoms with Crippen molar-refractivity contribution >= 4 is 0 Å². The van der Waals surface area contributed by atoms with Crippen LogP contribution < -0.4 is 4.74 Å². The summed E-state index contributed by atoms with van der Waals surface area (Å²) in [5.41, 5.74) is 1.08. The van der Waals surface area contributed by atoms with Gasteiger partial charge in [0.25, 0.3) is 0 Å². The van der Waals surface area contributed by atoms with Crippen LogP contribution in [0.25, 0.3) is 5.69 Å². The molecule has 0 atom stereocenters. The zero-order valence-corrected chi connectivity index (χ0v) is 10.0. The van der Waals surface area contributed by atoms with Crippen molar-refractivity contribution in [2.45, 2.75) is 19.5 Å². The number of benzene rings is 1. The maximum Gasteiger partial charge on any atom is 0.387 e. The third kappa shape index (κ3) is 3.47. The number of aromatic nitrogens is 3. The van der Waals surface area contributed by atoms with E-state index < -0.39 is 6.61 Å². The van der Waals surface area contributed by atoms with E-state index in [1.54, 1.807) is 24.4 Å². The minimum Gasteiger partial charge on any atom is -0.433 e. The summed E-state index contributed by atoms with van der Waals surface area (Å²) in [6.45, 7) is -2.82. The first-order chi connectivity index (χ1) is 9.20. The minimum atomic E-state index is -2.89. The number of aliphatic hydroxyl groups excluding tert-OH is 1. The predicted molar refractivity (Wildman–Crippen MR) is 63.4 cm³/mol. The van der Waals surface area contributed by atoms with E-state index in [2.05, 4.69) is 15.0 Å². The fourth-order valence-corrected chi connectivity index (χ4v) is 1.63. The molecule has 0 bridgehead atoms. The molecule has 19 heavy (non-hydrogen) atoms. The van der Waals surface area contributed by atoms with Crippen molar-refractivity contribution in [1.82, 2.24) is 15.0 Å². The highest BCUT2D eigenvalue weighted by Crippen LogP contribution is 2.23. The van der Waals surface area contributed by atoms with Gasteiger partial charge in [0.1, 0.15) is 5.69 Å². The third-order valence-electron chi connectivity index (χ3n) is 2.46. The molecule has 0 saturated heterocycles. The van der Waals surface area contributed by atoms with Gasteiger partial charge >= 0.3 is 6.61 Å². The summed E-state index contributed by atoms with van der Waals surface area (Å²) >= 11 is 0. The molecule has 0 aliphatic heterocycles. The van der Waals surface area contributed by atoms with Crippen molar-refractivity contribution in [3.05, 3.63) is 36.2 Å². The lowest BCUT2D eigenvalue weighted by Crippen LogP contribution is -2.06. The molecule has 0 amide bonds. The van der Waals surface area contributed by atoms with Crippen molar-refractivity contribution in [3.8, 4) is 11.4 Å². The Labute approximate surface area is 108 Å². The van der Waals surface area contributed by atoms with Gasteiger partial charge < -0.3 is 9.84 Å². The van der Waals surface area contributed by atoms with E-state index in [1.165, 1.54) is 10.7 Å². The Kier molecular flexibility index (Phi) is 4.40. The Morgan fingerprint density at radius 3 is 2.84 bits per heavy atom. The summed E-state index contributed by atoms with van der Waals surface area (Å²) < 4.78 is 30.4. The number of halogens is 2. The number of nitrogens with zero attached hydrogens (tertiary/aromatic N) is 3. The lowest BCUT2D eigenvalue weighted by molar-refractivity contribution is -0.0499. The fourth-order valence-electron chi connectivity index (χ4n) is 1.63. The van der Waals surface area contributed by atoms with Gasteiger partial charge in [0.15, 0.2) is 5.75 Å². The number of aryl methyl sites for hydroxylation is 1. The van der Waals surface area contributed by atoms with Crippen LogP contribution >= 0.6 is 0 Å². The Balaban J connectivity index is 2.23. The largest absolute Gasteiger partial charge is 0.433 e. The van der Waals surface area contributed by atoms with Crippen LogP contribution in [0.15, 0.2) is 30.5 Å². The molecule has 0 fully saturated rings. The maximum absolute atomic E-state index is 12.3. The van der Waals surface area contributed by atoms with Gasteiger partial charge in [0.2, 0.25) is 0 Å². The van der Waals surface area contributed by atoms with Crippen molar-refractivity contribution in [1.29, 1.82) is 0 Å².